The highest BCUT2D eigenvalue weighted by Gasteiger charge is 2.14. The van der Waals surface area contributed by atoms with Crippen LogP contribution in [0.2, 0.25) is 15.1 Å². The molecule has 3 aromatic rings. The van der Waals surface area contributed by atoms with Crippen molar-refractivity contribution < 1.29 is 19.1 Å². The molecule has 3 rings (SSSR count). The van der Waals surface area contributed by atoms with Crippen LogP contribution in [-0.2, 0) is 9.59 Å². The van der Waals surface area contributed by atoms with E-state index in [2.05, 4.69) is 15.8 Å². The average Bonchev–Trinajstić information content (AvgIpc) is 2.77. The number of carbonyl (C=O) groups excluding carboxylic acids is 3. The summed E-state index contributed by atoms with van der Waals surface area (Å²) in [7, 11) is 0. The van der Waals surface area contributed by atoms with Gasteiger partial charge in [-0.25, -0.2) is 10.2 Å². The van der Waals surface area contributed by atoms with Gasteiger partial charge in [0, 0.05) is 5.69 Å². The molecular formula is C22H14Cl3N3O4. The lowest BCUT2D eigenvalue weighted by molar-refractivity contribution is -0.136. The molecule has 0 aliphatic rings. The SMILES string of the molecule is O=C(N/N=C/c1ccc(OC(=O)c2ccccc2Cl)cc1)C(=O)Nc1ccc(Cl)c(Cl)c1. The molecule has 10 heteroatoms. The molecule has 3 aromatic carbocycles. The summed E-state index contributed by atoms with van der Waals surface area (Å²) >= 11 is 17.6. The maximum Gasteiger partial charge on any atom is 0.345 e. The summed E-state index contributed by atoms with van der Waals surface area (Å²) in [6, 6.07) is 17.3. The van der Waals surface area contributed by atoms with E-state index in [1.165, 1.54) is 24.4 Å². The third-order valence-electron chi connectivity index (χ3n) is 3.95. The maximum absolute atomic E-state index is 12.2. The van der Waals surface area contributed by atoms with Crippen molar-refractivity contribution in [2.75, 3.05) is 5.32 Å². The first-order valence-corrected chi connectivity index (χ1v) is 10.1. The number of rotatable bonds is 5. The Bertz CT molecular complexity index is 1200. The summed E-state index contributed by atoms with van der Waals surface area (Å²) in [6.45, 7) is 0. The van der Waals surface area contributed by atoms with Crippen LogP contribution in [0.15, 0.2) is 71.8 Å². The Kier molecular flexibility index (Phi) is 7.83. The fraction of sp³-hybridized carbons (Fsp3) is 0. The highest BCUT2D eigenvalue weighted by molar-refractivity contribution is 6.43. The second-order valence-corrected chi connectivity index (χ2v) is 7.44. The first-order chi connectivity index (χ1) is 15.3. The molecule has 0 heterocycles. The lowest BCUT2D eigenvalue weighted by atomic mass is 10.2. The van der Waals surface area contributed by atoms with E-state index in [0.29, 0.717) is 27.0 Å². The van der Waals surface area contributed by atoms with Gasteiger partial charge >= 0.3 is 17.8 Å². The van der Waals surface area contributed by atoms with Crippen LogP contribution < -0.4 is 15.5 Å². The van der Waals surface area contributed by atoms with E-state index >= 15 is 0 Å². The van der Waals surface area contributed by atoms with Gasteiger partial charge in [-0.15, -0.1) is 0 Å². The first kappa shape index (κ1) is 23.3. The van der Waals surface area contributed by atoms with Gasteiger partial charge in [0.25, 0.3) is 0 Å². The number of hydrazone groups is 1. The number of nitrogens with zero attached hydrogens (tertiary/aromatic N) is 1. The predicted molar refractivity (Wildman–Crippen MR) is 124 cm³/mol. The van der Waals surface area contributed by atoms with Gasteiger partial charge in [0.1, 0.15) is 5.75 Å². The smallest absolute Gasteiger partial charge is 0.345 e. The van der Waals surface area contributed by atoms with Crippen LogP contribution in [0.5, 0.6) is 5.75 Å². The molecule has 0 unspecified atom stereocenters. The molecule has 0 aromatic heterocycles. The van der Waals surface area contributed by atoms with Crippen molar-refractivity contribution in [2.24, 2.45) is 5.10 Å². The number of anilines is 1. The van der Waals surface area contributed by atoms with E-state index in [0.717, 1.165) is 0 Å². The standard InChI is InChI=1S/C22H14Cl3N3O4/c23-17-4-2-1-3-16(17)22(31)32-15-8-5-13(6-9-15)12-26-28-21(30)20(29)27-14-7-10-18(24)19(25)11-14/h1-12H,(H,27,29)(H,28,30)/b26-12+. The van der Waals surface area contributed by atoms with E-state index in [1.54, 1.807) is 48.5 Å². The summed E-state index contributed by atoms with van der Waals surface area (Å²) in [4.78, 5) is 35.9. The molecule has 0 aliphatic carbocycles. The van der Waals surface area contributed by atoms with Crippen molar-refractivity contribution in [3.8, 4) is 5.75 Å². The van der Waals surface area contributed by atoms with Gasteiger partial charge < -0.3 is 10.1 Å². The van der Waals surface area contributed by atoms with Crippen LogP contribution in [0, 0.1) is 0 Å². The van der Waals surface area contributed by atoms with Gasteiger partial charge in [0.2, 0.25) is 0 Å². The molecule has 0 bridgehead atoms. The lowest BCUT2D eigenvalue weighted by Crippen LogP contribution is -2.32. The number of amides is 2. The monoisotopic (exact) mass is 489 g/mol. The molecule has 0 saturated carbocycles. The predicted octanol–water partition coefficient (Wildman–Crippen LogP) is 4.95. The Morgan fingerprint density at radius 2 is 1.53 bits per heavy atom. The number of hydrogen-bond donors (Lipinski definition) is 2. The second kappa shape index (κ2) is 10.8. The number of hydrogen-bond acceptors (Lipinski definition) is 5. The van der Waals surface area contributed by atoms with Crippen molar-refractivity contribution >= 4 is 64.5 Å². The van der Waals surface area contributed by atoms with Crippen LogP contribution in [0.4, 0.5) is 5.69 Å². The Morgan fingerprint density at radius 1 is 0.812 bits per heavy atom. The molecule has 32 heavy (non-hydrogen) atoms. The number of nitrogens with one attached hydrogen (secondary N) is 2. The number of halogens is 3. The van der Waals surface area contributed by atoms with Gasteiger partial charge in [0.05, 0.1) is 26.8 Å². The molecule has 0 saturated heterocycles. The summed E-state index contributed by atoms with van der Waals surface area (Å²) < 4.78 is 5.27. The van der Waals surface area contributed by atoms with Gasteiger partial charge in [0.15, 0.2) is 0 Å². The topological polar surface area (TPSA) is 96.9 Å². The Balaban J connectivity index is 1.52. The van der Waals surface area contributed by atoms with Gasteiger partial charge in [-0.1, -0.05) is 46.9 Å². The summed E-state index contributed by atoms with van der Waals surface area (Å²) in [5, 5.41) is 6.96. The minimum absolute atomic E-state index is 0.240. The third-order valence-corrected chi connectivity index (χ3v) is 5.02. The Labute approximate surface area is 197 Å². The van der Waals surface area contributed by atoms with E-state index in [1.807, 2.05) is 0 Å². The van der Waals surface area contributed by atoms with Crippen LogP contribution in [0.25, 0.3) is 0 Å². The first-order valence-electron chi connectivity index (χ1n) is 8.99. The highest BCUT2D eigenvalue weighted by atomic mass is 35.5. The fourth-order valence-electron chi connectivity index (χ4n) is 2.39. The van der Waals surface area contributed by atoms with Crippen LogP contribution >= 0.6 is 34.8 Å². The molecule has 0 fully saturated rings. The molecule has 2 amide bonds. The molecule has 0 spiro atoms. The third kappa shape index (κ3) is 6.31. The van der Waals surface area contributed by atoms with Gasteiger partial charge in [-0.3, -0.25) is 9.59 Å². The molecule has 7 nitrogen and oxygen atoms in total. The second-order valence-electron chi connectivity index (χ2n) is 6.22. The molecule has 0 aliphatic heterocycles. The largest absolute Gasteiger partial charge is 0.423 e. The van der Waals surface area contributed by atoms with Crippen molar-refractivity contribution in [3.63, 3.8) is 0 Å². The maximum atomic E-state index is 12.2. The molecule has 0 radical (unpaired) electrons. The molecule has 2 N–H and O–H groups in total. The summed E-state index contributed by atoms with van der Waals surface area (Å²) in [5.41, 5.74) is 3.26. The van der Waals surface area contributed by atoms with E-state index in [-0.39, 0.29) is 10.6 Å². The normalized spacial score (nSPS) is 10.6. The quantitative estimate of drug-likeness (QED) is 0.174. The van der Waals surface area contributed by atoms with Crippen molar-refractivity contribution in [2.45, 2.75) is 0 Å². The van der Waals surface area contributed by atoms with Crippen molar-refractivity contribution in [1.29, 1.82) is 0 Å². The minimum Gasteiger partial charge on any atom is -0.423 e. The number of carbonyl (C=O) groups is 3. The van der Waals surface area contributed by atoms with Crippen LogP contribution in [0.1, 0.15) is 15.9 Å². The zero-order valence-electron chi connectivity index (χ0n) is 16.1. The summed E-state index contributed by atoms with van der Waals surface area (Å²) in [5.74, 6) is -2.19. The minimum atomic E-state index is -0.974. The van der Waals surface area contributed by atoms with Crippen molar-refractivity contribution in [1.82, 2.24) is 5.43 Å². The highest BCUT2D eigenvalue weighted by Crippen LogP contribution is 2.25. The fourth-order valence-corrected chi connectivity index (χ4v) is 2.90. The zero-order valence-corrected chi connectivity index (χ0v) is 18.4. The average molecular weight is 491 g/mol. The van der Waals surface area contributed by atoms with Gasteiger partial charge in [-0.05, 0) is 60.2 Å². The number of benzene rings is 3. The zero-order chi connectivity index (χ0) is 23.1. The molecule has 162 valence electrons. The molecular weight excluding hydrogens is 477 g/mol. The number of esters is 1. The van der Waals surface area contributed by atoms with Crippen molar-refractivity contribution in [3.05, 3.63) is 92.9 Å². The van der Waals surface area contributed by atoms with E-state index in [9.17, 15) is 14.4 Å². The van der Waals surface area contributed by atoms with Crippen LogP contribution in [-0.4, -0.2) is 24.0 Å². The van der Waals surface area contributed by atoms with E-state index < -0.39 is 17.8 Å². The summed E-state index contributed by atoms with van der Waals surface area (Å²) in [6.07, 6.45) is 1.32. The Morgan fingerprint density at radius 3 is 2.22 bits per heavy atom. The Hall–Kier alpha value is -3.39. The molecule has 0 atom stereocenters. The van der Waals surface area contributed by atoms with Gasteiger partial charge in [-0.2, -0.15) is 5.10 Å². The number of ether oxygens (including phenoxy) is 1. The lowest BCUT2D eigenvalue weighted by Gasteiger charge is -2.06. The van der Waals surface area contributed by atoms with E-state index in [4.69, 9.17) is 39.5 Å². The van der Waals surface area contributed by atoms with Crippen LogP contribution in [0.3, 0.4) is 0 Å².